The van der Waals surface area contributed by atoms with Gasteiger partial charge in [0.1, 0.15) is 28.8 Å². The van der Waals surface area contributed by atoms with Gasteiger partial charge in [-0.25, -0.2) is 0 Å². The Labute approximate surface area is 377 Å². The molecule has 0 atom stereocenters. The third-order valence-electron chi connectivity index (χ3n) is 10.5. The Kier molecular flexibility index (Phi) is 22.2. The van der Waals surface area contributed by atoms with E-state index in [0.717, 1.165) is 82.2 Å². The predicted molar refractivity (Wildman–Crippen MR) is 259 cm³/mol. The van der Waals surface area contributed by atoms with Crippen molar-refractivity contribution >= 4 is 17.5 Å². The van der Waals surface area contributed by atoms with Crippen molar-refractivity contribution in [3.8, 4) is 17.2 Å². The second-order valence-electron chi connectivity index (χ2n) is 21.7. The van der Waals surface area contributed by atoms with Crippen LogP contribution in [0.1, 0.15) is 194 Å². The second-order valence-corrected chi connectivity index (χ2v) is 21.7. The highest BCUT2D eigenvalue weighted by molar-refractivity contribution is 5.76. The number of rotatable bonds is 16. The first kappa shape index (κ1) is 55.9. The molecule has 0 heterocycles. The molecule has 0 spiro atoms. The lowest BCUT2D eigenvalue weighted by atomic mass is 9.82. The average Bonchev–Trinajstić information content (AvgIpc) is 3.10. The zero-order valence-electron chi connectivity index (χ0n) is 42.2. The number of benzene rings is 3. The van der Waals surface area contributed by atoms with Gasteiger partial charge < -0.3 is 29.6 Å². The van der Waals surface area contributed by atoms with E-state index in [1.165, 1.54) is 0 Å². The highest BCUT2D eigenvalue weighted by Gasteiger charge is 2.24. The van der Waals surface area contributed by atoms with Gasteiger partial charge in [0, 0.05) is 19.3 Å². The SMILES string of the molecule is CC(=O)CCc1cc(CC(C)C)c(O)c(C(C)(C)C)c1.CC(=O)CCc1cc(CC(C)C)c(O)c(C(C)(C)C)c1.CCOC(=O)CCc1cc(CC(C)C)c(O)c(C(C)(C)C)c1. The molecule has 0 aromatic heterocycles. The molecule has 3 N–H and O–H groups in total. The molecule has 0 unspecified atom stereocenters. The van der Waals surface area contributed by atoms with E-state index in [1.54, 1.807) is 13.8 Å². The summed E-state index contributed by atoms with van der Waals surface area (Å²) in [4.78, 5) is 33.9. The van der Waals surface area contributed by atoms with Crippen LogP contribution in [-0.2, 0) is 73.9 Å². The van der Waals surface area contributed by atoms with Crippen molar-refractivity contribution in [2.75, 3.05) is 6.61 Å². The lowest BCUT2D eigenvalue weighted by molar-refractivity contribution is -0.143. The van der Waals surface area contributed by atoms with Gasteiger partial charge in [-0.2, -0.15) is 0 Å². The number of esters is 1. The summed E-state index contributed by atoms with van der Waals surface area (Å²) in [7, 11) is 0. The maximum Gasteiger partial charge on any atom is 0.306 e. The first-order valence-corrected chi connectivity index (χ1v) is 23.1. The molecule has 0 aliphatic carbocycles. The number of phenolic OH excluding ortho intramolecular Hbond substituents is 3. The number of aryl methyl sites for hydroxylation is 3. The lowest BCUT2D eigenvalue weighted by Gasteiger charge is -2.24. The molecule has 7 nitrogen and oxygen atoms in total. The normalized spacial score (nSPS) is 11.9. The number of hydrogen-bond acceptors (Lipinski definition) is 7. The highest BCUT2D eigenvalue weighted by atomic mass is 16.5. The zero-order valence-corrected chi connectivity index (χ0v) is 42.2. The van der Waals surface area contributed by atoms with Crippen molar-refractivity contribution in [3.63, 3.8) is 0 Å². The highest BCUT2D eigenvalue weighted by Crippen LogP contribution is 2.38. The van der Waals surface area contributed by atoms with E-state index in [9.17, 15) is 29.7 Å². The van der Waals surface area contributed by atoms with E-state index >= 15 is 0 Å². The second kappa shape index (κ2) is 24.6. The number of Topliss-reactive ketones (excluding diaryl/α,β-unsaturated/α-hetero) is 2. The fourth-order valence-corrected chi connectivity index (χ4v) is 7.34. The molecule has 0 radical (unpaired) electrons. The van der Waals surface area contributed by atoms with Crippen molar-refractivity contribution in [1.82, 2.24) is 0 Å². The quantitative estimate of drug-likeness (QED) is 0.123. The third-order valence-corrected chi connectivity index (χ3v) is 10.5. The number of carbonyl (C=O) groups excluding carboxylic acids is 3. The van der Waals surface area contributed by atoms with Gasteiger partial charge in [0.15, 0.2) is 0 Å². The van der Waals surface area contributed by atoms with Gasteiger partial charge in [0.05, 0.1) is 6.61 Å². The number of phenols is 3. The first-order valence-electron chi connectivity index (χ1n) is 23.1. The predicted octanol–water partition coefficient (Wildman–Crippen LogP) is 13.2. The Morgan fingerprint density at radius 3 is 0.952 bits per heavy atom. The van der Waals surface area contributed by atoms with Gasteiger partial charge in [0.2, 0.25) is 0 Å². The standard InChI is InChI=1S/C19H30O3.2C18H28O2/c1-7-22-17(20)9-8-14-11-15(10-13(2)3)18(21)16(12-14)19(4,5)6;2*1-12(2)9-15-10-14(8-7-13(3)19)11-16(17(15)20)18(4,5)6/h11-13,21H,7-10H2,1-6H3;2*10-12,20H,7-9H2,1-6H3. The van der Waals surface area contributed by atoms with Crippen LogP contribution in [0.25, 0.3) is 0 Å². The van der Waals surface area contributed by atoms with E-state index in [-0.39, 0.29) is 33.8 Å². The molecule has 0 amide bonds. The topological polar surface area (TPSA) is 121 Å². The Morgan fingerprint density at radius 2 is 0.742 bits per heavy atom. The Balaban J connectivity index is 0.000000466. The molecule has 0 bridgehead atoms. The molecule has 348 valence electrons. The van der Waals surface area contributed by atoms with Gasteiger partial charge >= 0.3 is 5.97 Å². The fraction of sp³-hybridized carbons (Fsp3) is 0.618. The average molecular weight is 859 g/mol. The molecular weight excluding hydrogens is 773 g/mol. The minimum absolute atomic E-state index is 0.0952. The summed E-state index contributed by atoms with van der Waals surface area (Å²) in [6.45, 7) is 37.3. The molecule has 0 fully saturated rings. The van der Waals surface area contributed by atoms with E-state index < -0.39 is 0 Å². The third kappa shape index (κ3) is 19.9. The molecule has 3 aromatic carbocycles. The van der Waals surface area contributed by atoms with E-state index in [0.29, 0.717) is 67.3 Å². The Bertz CT molecular complexity index is 1820. The minimum atomic E-state index is -0.168. The smallest absolute Gasteiger partial charge is 0.306 e. The van der Waals surface area contributed by atoms with Crippen LogP contribution in [0.15, 0.2) is 36.4 Å². The molecule has 62 heavy (non-hydrogen) atoms. The van der Waals surface area contributed by atoms with Crippen molar-refractivity contribution in [2.45, 2.75) is 199 Å². The van der Waals surface area contributed by atoms with E-state index in [2.05, 4.69) is 128 Å². The largest absolute Gasteiger partial charge is 0.507 e. The number of aromatic hydroxyl groups is 3. The molecule has 0 aliphatic heterocycles. The number of ketones is 2. The summed E-state index contributed by atoms with van der Waals surface area (Å²) in [5.41, 5.74) is 8.97. The van der Waals surface area contributed by atoms with E-state index in [4.69, 9.17) is 4.74 Å². The van der Waals surface area contributed by atoms with Crippen molar-refractivity contribution in [2.24, 2.45) is 17.8 Å². The number of ether oxygens (including phenoxy) is 1. The summed E-state index contributed by atoms with van der Waals surface area (Å²) in [6, 6.07) is 12.3. The van der Waals surface area contributed by atoms with Crippen molar-refractivity contribution in [1.29, 1.82) is 0 Å². The Morgan fingerprint density at radius 1 is 0.484 bits per heavy atom. The van der Waals surface area contributed by atoms with Crippen LogP contribution >= 0.6 is 0 Å². The van der Waals surface area contributed by atoms with Crippen LogP contribution in [0.3, 0.4) is 0 Å². The summed E-state index contributed by atoms with van der Waals surface area (Å²) in [6.07, 6.45) is 6.23. The maximum atomic E-state index is 11.6. The van der Waals surface area contributed by atoms with Crippen molar-refractivity contribution < 1.29 is 34.4 Å². The molecular formula is C55H86O7. The summed E-state index contributed by atoms with van der Waals surface area (Å²) in [5.74, 6) is 2.98. The summed E-state index contributed by atoms with van der Waals surface area (Å²) < 4.78 is 4.99. The van der Waals surface area contributed by atoms with Gasteiger partial charge in [-0.05, 0) is 143 Å². The first-order chi connectivity index (χ1) is 28.4. The van der Waals surface area contributed by atoms with Crippen LogP contribution in [0, 0.1) is 17.8 Å². The van der Waals surface area contributed by atoms with Gasteiger partial charge in [0.25, 0.3) is 0 Å². The molecule has 3 aromatic rings. The summed E-state index contributed by atoms with van der Waals surface area (Å²) >= 11 is 0. The van der Waals surface area contributed by atoms with E-state index in [1.807, 2.05) is 19.1 Å². The van der Waals surface area contributed by atoms with Crippen LogP contribution < -0.4 is 0 Å². The molecule has 0 aliphatic rings. The maximum absolute atomic E-state index is 11.6. The fourth-order valence-electron chi connectivity index (χ4n) is 7.34. The number of hydrogen-bond donors (Lipinski definition) is 3. The van der Waals surface area contributed by atoms with Crippen LogP contribution in [0.4, 0.5) is 0 Å². The lowest BCUT2D eigenvalue weighted by Crippen LogP contribution is -2.14. The minimum Gasteiger partial charge on any atom is -0.507 e. The van der Waals surface area contributed by atoms with Crippen LogP contribution in [0.2, 0.25) is 0 Å². The monoisotopic (exact) mass is 859 g/mol. The zero-order chi connectivity index (χ0) is 47.9. The molecule has 0 saturated heterocycles. The van der Waals surface area contributed by atoms with Crippen LogP contribution in [0.5, 0.6) is 17.2 Å². The van der Waals surface area contributed by atoms with Gasteiger partial charge in [-0.1, -0.05) is 140 Å². The summed E-state index contributed by atoms with van der Waals surface area (Å²) in [5, 5.41) is 31.6. The number of carbonyl (C=O) groups is 3. The van der Waals surface area contributed by atoms with Crippen molar-refractivity contribution in [3.05, 3.63) is 86.5 Å². The van der Waals surface area contributed by atoms with Gasteiger partial charge in [-0.3, -0.25) is 4.79 Å². The van der Waals surface area contributed by atoms with Crippen LogP contribution in [-0.4, -0.2) is 39.5 Å². The van der Waals surface area contributed by atoms with Gasteiger partial charge in [-0.15, -0.1) is 0 Å². The Hall–Kier alpha value is -4.13. The molecule has 7 heteroatoms. The molecule has 3 rings (SSSR count). The molecule has 0 saturated carbocycles.